The second kappa shape index (κ2) is 5.40. The number of rotatable bonds is 3. The van der Waals surface area contributed by atoms with Crippen LogP contribution in [0.25, 0.3) is 0 Å². The molecule has 1 saturated carbocycles. The minimum atomic E-state index is -0.390. The van der Waals surface area contributed by atoms with Crippen LogP contribution in [0.1, 0.15) is 24.0 Å². The predicted molar refractivity (Wildman–Crippen MR) is 89.1 cm³/mol. The van der Waals surface area contributed by atoms with E-state index in [4.69, 9.17) is 4.74 Å². The molecule has 128 valence electrons. The van der Waals surface area contributed by atoms with Gasteiger partial charge in [-0.2, -0.15) is 0 Å². The lowest BCUT2D eigenvalue weighted by Gasteiger charge is -2.38. The quantitative estimate of drug-likeness (QED) is 0.908. The number of hydrogen-bond donors (Lipinski definition) is 1. The number of carbonyl (C=O) groups excluding carboxylic acids is 2. The number of benzene rings is 1. The monoisotopic (exact) mass is 329 g/mol. The van der Waals surface area contributed by atoms with Crippen LogP contribution >= 0.6 is 0 Å². The van der Waals surface area contributed by atoms with Gasteiger partial charge >= 0.3 is 6.03 Å². The van der Waals surface area contributed by atoms with E-state index in [0.29, 0.717) is 26.2 Å². The Morgan fingerprint density at radius 2 is 2.12 bits per heavy atom. The van der Waals surface area contributed by atoms with E-state index < -0.39 is 0 Å². The molecule has 1 aromatic rings. The molecule has 3 amide bonds. The van der Waals surface area contributed by atoms with E-state index in [1.807, 2.05) is 28.9 Å². The molecule has 1 N–H and O–H groups in total. The van der Waals surface area contributed by atoms with Gasteiger partial charge in [0.15, 0.2) is 0 Å². The van der Waals surface area contributed by atoms with Crippen LogP contribution in [-0.4, -0.2) is 61.1 Å². The van der Waals surface area contributed by atoms with Crippen molar-refractivity contribution >= 4 is 11.9 Å². The fourth-order valence-corrected chi connectivity index (χ4v) is 3.96. The number of aryl methyl sites for hydroxylation is 1. The number of methoxy groups -OCH3 is 1. The van der Waals surface area contributed by atoms with Gasteiger partial charge < -0.3 is 19.9 Å². The van der Waals surface area contributed by atoms with Crippen molar-refractivity contribution in [3.63, 3.8) is 0 Å². The zero-order valence-corrected chi connectivity index (χ0v) is 14.2. The first-order valence-electron chi connectivity index (χ1n) is 8.54. The van der Waals surface area contributed by atoms with Gasteiger partial charge in [-0.1, -0.05) is 12.1 Å². The summed E-state index contributed by atoms with van der Waals surface area (Å²) in [7, 11) is 1.66. The van der Waals surface area contributed by atoms with Gasteiger partial charge in [0.1, 0.15) is 5.75 Å². The Morgan fingerprint density at radius 1 is 1.33 bits per heavy atom. The van der Waals surface area contributed by atoms with Gasteiger partial charge in [-0.3, -0.25) is 4.79 Å². The molecule has 1 aliphatic carbocycles. The molecular formula is C18H23N3O3. The summed E-state index contributed by atoms with van der Waals surface area (Å²) < 4.78 is 5.43. The van der Waals surface area contributed by atoms with Crippen molar-refractivity contribution in [3.8, 4) is 5.75 Å². The lowest BCUT2D eigenvalue weighted by molar-refractivity contribution is -0.136. The number of hydrogen-bond acceptors (Lipinski definition) is 3. The summed E-state index contributed by atoms with van der Waals surface area (Å²) in [5.41, 5.74) is 1.74. The molecule has 1 unspecified atom stereocenters. The van der Waals surface area contributed by atoms with Crippen molar-refractivity contribution < 1.29 is 14.3 Å². The first-order valence-corrected chi connectivity index (χ1v) is 8.54. The molecule has 4 rings (SSSR count). The van der Waals surface area contributed by atoms with Gasteiger partial charge in [0.05, 0.1) is 18.6 Å². The zero-order valence-electron chi connectivity index (χ0n) is 14.2. The highest BCUT2D eigenvalue weighted by Crippen LogP contribution is 2.50. The topological polar surface area (TPSA) is 61.9 Å². The molecule has 0 spiro atoms. The van der Waals surface area contributed by atoms with Crippen molar-refractivity contribution in [3.05, 3.63) is 29.3 Å². The second-order valence-electron chi connectivity index (χ2n) is 7.05. The number of amides is 3. The van der Waals surface area contributed by atoms with Gasteiger partial charge in [-0.15, -0.1) is 0 Å². The summed E-state index contributed by atoms with van der Waals surface area (Å²) in [5.74, 6) is 1.04. The lowest BCUT2D eigenvalue weighted by atomic mass is 9.92. The van der Waals surface area contributed by atoms with E-state index >= 15 is 0 Å². The predicted octanol–water partition coefficient (Wildman–Crippen LogP) is 1.27. The Hall–Kier alpha value is -2.24. The minimum Gasteiger partial charge on any atom is -0.496 e. The second-order valence-corrected chi connectivity index (χ2v) is 7.05. The fraction of sp³-hybridized carbons (Fsp3) is 0.556. The number of urea groups is 1. The van der Waals surface area contributed by atoms with Crippen LogP contribution in [-0.2, 0) is 10.2 Å². The largest absolute Gasteiger partial charge is 0.496 e. The maximum absolute atomic E-state index is 13.2. The molecule has 24 heavy (non-hydrogen) atoms. The van der Waals surface area contributed by atoms with Crippen LogP contribution in [0.15, 0.2) is 18.2 Å². The zero-order chi connectivity index (χ0) is 16.9. The van der Waals surface area contributed by atoms with Gasteiger partial charge in [-0.05, 0) is 37.0 Å². The minimum absolute atomic E-state index is 0.00324. The van der Waals surface area contributed by atoms with E-state index in [-0.39, 0.29) is 23.4 Å². The average Bonchev–Trinajstić information content (AvgIpc) is 3.33. The first-order chi connectivity index (χ1) is 11.5. The van der Waals surface area contributed by atoms with Crippen LogP contribution in [0.5, 0.6) is 5.75 Å². The Morgan fingerprint density at radius 3 is 2.83 bits per heavy atom. The third-order valence-corrected chi connectivity index (χ3v) is 5.64. The van der Waals surface area contributed by atoms with Gasteiger partial charge in [0, 0.05) is 26.2 Å². The summed E-state index contributed by atoms with van der Waals surface area (Å²) in [6.45, 7) is 4.51. The molecule has 0 bridgehead atoms. The molecule has 2 aliphatic heterocycles. The standard InChI is InChI=1S/C18H23N3O3/c1-12-3-4-13(9-15(12)24-2)18(5-6-18)16(22)20-7-8-21-14(11-20)10-19-17(21)23/h3-4,9,14H,5-8,10-11H2,1-2H3,(H,19,23). The number of nitrogens with zero attached hydrogens (tertiary/aromatic N) is 2. The van der Waals surface area contributed by atoms with E-state index in [2.05, 4.69) is 11.4 Å². The molecule has 1 atom stereocenters. The molecule has 6 heteroatoms. The first kappa shape index (κ1) is 15.3. The summed E-state index contributed by atoms with van der Waals surface area (Å²) in [4.78, 5) is 28.7. The molecule has 3 fully saturated rings. The Labute approximate surface area is 141 Å². The fourth-order valence-electron chi connectivity index (χ4n) is 3.96. The molecule has 2 saturated heterocycles. The molecule has 3 aliphatic rings. The Bertz CT molecular complexity index is 699. The highest BCUT2D eigenvalue weighted by molar-refractivity contribution is 5.92. The molecular weight excluding hydrogens is 306 g/mol. The van der Waals surface area contributed by atoms with Gasteiger partial charge in [0.25, 0.3) is 0 Å². The van der Waals surface area contributed by atoms with Crippen LogP contribution in [0, 0.1) is 6.92 Å². The van der Waals surface area contributed by atoms with Crippen molar-refractivity contribution in [2.45, 2.75) is 31.2 Å². The SMILES string of the molecule is COc1cc(C2(C(=O)N3CCN4C(=O)NCC4C3)CC2)ccc1C. The molecule has 2 heterocycles. The number of nitrogens with one attached hydrogen (secondary N) is 1. The normalized spacial score (nSPS) is 24.4. The number of piperazine rings is 1. The van der Waals surface area contributed by atoms with E-state index in [1.54, 1.807) is 7.11 Å². The van der Waals surface area contributed by atoms with Gasteiger partial charge in [-0.25, -0.2) is 4.79 Å². The Kier molecular flexibility index (Phi) is 3.44. The Balaban J connectivity index is 1.55. The average molecular weight is 329 g/mol. The van der Waals surface area contributed by atoms with Crippen molar-refractivity contribution in [1.29, 1.82) is 0 Å². The summed E-state index contributed by atoms with van der Waals surface area (Å²) in [6, 6.07) is 6.20. The van der Waals surface area contributed by atoms with Gasteiger partial charge in [0.2, 0.25) is 5.91 Å². The number of fused-ring (bicyclic) bond motifs is 1. The van der Waals surface area contributed by atoms with E-state index in [1.165, 1.54) is 0 Å². The number of ether oxygens (including phenoxy) is 1. The highest BCUT2D eigenvalue weighted by atomic mass is 16.5. The van der Waals surface area contributed by atoms with E-state index in [0.717, 1.165) is 29.7 Å². The van der Waals surface area contributed by atoms with Crippen molar-refractivity contribution in [2.24, 2.45) is 0 Å². The van der Waals surface area contributed by atoms with Crippen molar-refractivity contribution in [1.82, 2.24) is 15.1 Å². The highest BCUT2D eigenvalue weighted by Gasteiger charge is 2.54. The summed E-state index contributed by atoms with van der Waals surface area (Å²) in [6.07, 6.45) is 1.78. The molecule has 0 aromatic heterocycles. The van der Waals surface area contributed by atoms with Crippen LogP contribution in [0.3, 0.4) is 0 Å². The summed E-state index contributed by atoms with van der Waals surface area (Å²) in [5, 5.41) is 2.86. The maximum atomic E-state index is 13.2. The van der Waals surface area contributed by atoms with E-state index in [9.17, 15) is 9.59 Å². The van der Waals surface area contributed by atoms with Crippen molar-refractivity contribution in [2.75, 3.05) is 33.3 Å². The third kappa shape index (κ3) is 2.24. The molecule has 6 nitrogen and oxygen atoms in total. The van der Waals surface area contributed by atoms with Crippen LogP contribution < -0.4 is 10.1 Å². The van der Waals surface area contributed by atoms with Crippen LogP contribution in [0.4, 0.5) is 4.79 Å². The molecule has 1 aromatic carbocycles. The maximum Gasteiger partial charge on any atom is 0.317 e. The third-order valence-electron chi connectivity index (χ3n) is 5.64. The summed E-state index contributed by atoms with van der Waals surface area (Å²) >= 11 is 0. The molecule has 0 radical (unpaired) electrons. The lowest BCUT2D eigenvalue weighted by Crippen LogP contribution is -2.55. The number of carbonyl (C=O) groups is 2. The van der Waals surface area contributed by atoms with Crippen LogP contribution in [0.2, 0.25) is 0 Å². The smallest absolute Gasteiger partial charge is 0.317 e.